The first-order valence-corrected chi connectivity index (χ1v) is 26.9. The largest absolute Gasteiger partial charge is 0.472 e. The van der Waals surface area contributed by atoms with E-state index >= 15 is 0 Å². The lowest BCUT2D eigenvalue weighted by Crippen LogP contribution is -2.64. The molecule has 6 atom stereocenters. The van der Waals surface area contributed by atoms with Gasteiger partial charge in [-0.05, 0) is 51.4 Å². The standard InChI is InChI=1S/C51H91O13P/c1-3-5-7-9-11-13-15-17-19-20-21-22-23-24-26-27-29-31-33-35-37-39-44(52)61-41-43(42-62-65(59,60)64-51-49(57)47(55)46(54)48(56)50(51)58)63-45(53)40-38-36-34-32-30-28-25-18-16-14-12-10-8-6-4-2/h6,8,12,14,18,25,30,32,43,46-51,54-58H,3-5,7,9-11,13,15-17,19-24,26-29,31,33-42H2,1-2H3,(H,59,60)/b8-6-,14-12-,25-18-,32-30-. The highest BCUT2D eigenvalue weighted by molar-refractivity contribution is 7.47. The molecule has 0 amide bonds. The molecule has 0 saturated heterocycles. The number of ether oxygens (including phenoxy) is 2. The zero-order valence-electron chi connectivity index (χ0n) is 40.3. The van der Waals surface area contributed by atoms with E-state index in [9.17, 15) is 44.6 Å². The van der Waals surface area contributed by atoms with Gasteiger partial charge in [0.05, 0.1) is 6.61 Å². The fourth-order valence-electron chi connectivity index (χ4n) is 7.63. The molecule has 1 saturated carbocycles. The molecule has 378 valence electrons. The quantitative estimate of drug-likeness (QED) is 0.0146. The fraction of sp³-hybridized carbons (Fsp3) is 0.804. The monoisotopic (exact) mass is 943 g/mol. The lowest BCUT2D eigenvalue weighted by molar-refractivity contribution is -0.220. The van der Waals surface area contributed by atoms with Gasteiger partial charge in [0.2, 0.25) is 0 Å². The minimum absolute atomic E-state index is 0.0449. The molecule has 0 heterocycles. The van der Waals surface area contributed by atoms with E-state index in [0.29, 0.717) is 12.8 Å². The Kier molecular flexibility index (Phi) is 38.2. The van der Waals surface area contributed by atoms with Gasteiger partial charge in [-0.15, -0.1) is 0 Å². The Morgan fingerprint density at radius 2 is 0.877 bits per heavy atom. The van der Waals surface area contributed by atoms with E-state index in [1.54, 1.807) is 0 Å². The minimum atomic E-state index is -5.13. The molecule has 0 aliphatic heterocycles. The number of phosphoric ester groups is 1. The molecule has 65 heavy (non-hydrogen) atoms. The third kappa shape index (κ3) is 33.0. The van der Waals surface area contributed by atoms with Crippen molar-refractivity contribution in [3.8, 4) is 0 Å². The summed E-state index contributed by atoms with van der Waals surface area (Å²) >= 11 is 0. The number of hydrogen-bond donors (Lipinski definition) is 6. The molecule has 6 unspecified atom stereocenters. The maximum Gasteiger partial charge on any atom is 0.472 e. The number of hydrogen-bond acceptors (Lipinski definition) is 12. The van der Waals surface area contributed by atoms with Gasteiger partial charge in [-0.1, -0.05) is 191 Å². The number of phosphoric acid groups is 1. The van der Waals surface area contributed by atoms with Crippen molar-refractivity contribution in [3.05, 3.63) is 48.6 Å². The summed E-state index contributed by atoms with van der Waals surface area (Å²) < 4.78 is 33.6. The van der Waals surface area contributed by atoms with Crippen molar-refractivity contribution in [1.82, 2.24) is 0 Å². The lowest BCUT2D eigenvalue weighted by Gasteiger charge is -2.41. The van der Waals surface area contributed by atoms with Gasteiger partial charge in [0.25, 0.3) is 0 Å². The van der Waals surface area contributed by atoms with E-state index in [4.69, 9.17) is 18.5 Å². The van der Waals surface area contributed by atoms with E-state index in [-0.39, 0.29) is 12.8 Å². The maximum atomic E-state index is 12.8. The topological polar surface area (TPSA) is 210 Å². The highest BCUT2D eigenvalue weighted by Crippen LogP contribution is 2.47. The van der Waals surface area contributed by atoms with E-state index in [2.05, 4.69) is 62.5 Å². The summed E-state index contributed by atoms with van der Waals surface area (Å²) in [5, 5.41) is 50.2. The van der Waals surface area contributed by atoms with Gasteiger partial charge in [-0.25, -0.2) is 4.57 Å². The number of allylic oxidation sites excluding steroid dienone is 8. The third-order valence-corrected chi connectivity index (χ3v) is 12.7. The van der Waals surface area contributed by atoms with Crippen LogP contribution in [0.15, 0.2) is 48.6 Å². The molecule has 0 aromatic heterocycles. The molecule has 1 rings (SSSR count). The second-order valence-corrected chi connectivity index (χ2v) is 19.1. The summed E-state index contributed by atoms with van der Waals surface area (Å²) in [4.78, 5) is 35.8. The Hall–Kier alpha value is -2.19. The number of carbonyl (C=O) groups excluding carboxylic acids is 2. The van der Waals surface area contributed by atoms with Gasteiger partial charge in [0, 0.05) is 12.8 Å². The fourth-order valence-corrected chi connectivity index (χ4v) is 8.61. The van der Waals surface area contributed by atoms with Crippen LogP contribution in [-0.2, 0) is 32.7 Å². The minimum Gasteiger partial charge on any atom is -0.462 e. The molecule has 0 aromatic rings. The zero-order chi connectivity index (χ0) is 47.8. The highest BCUT2D eigenvalue weighted by Gasteiger charge is 2.51. The number of unbranched alkanes of at least 4 members (excludes halogenated alkanes) is 22. The second-order valence-electron chi connectivity index (χ2n) is 17.7. The Bertz CT molecular complexity index is 1320. The first kappa shape index (κ1) is 60.8. The molecule has 0 spiro atoms. The highest BCUT2D eigenvalue weighted by atomic mass is 31.2. The van der Waals surface area contributed by atoms with Gasteiger partial charge >= 0.3 is 19.8 Å². The van der Waals surface area contributed by atoms with Crippen molar-refractivity contribution in [2.24, 2.45) is 0 Å². The number of esters is 2. The Morgan fingerprint density at radius 1 is 0.492 bits per heavy atom. The van der Waals surface area contributed by atoms with Gasteiger partial charge in [0.1, 0.15) is 43.2 Å². The molecule has 0 bridgehead atoms. The zero-order valence-corrected chi connectivity index (χ0v) is 41.2. The lowest BCUT2D eigenvalue weighted by atomic mass is 9.85. The van der Waals surface area contributed by atoms with Crippen LogP contribution in [0.1, 0.15) is 206 Å². The maximum absolute atomic E-state index is 12.8. The molecule has 14 heteroatoms. The van der Waals surface area contributed by atoms with Crippen molar-refractivity contribution in [1.29, 1.82) is 0 Å². The van der Waals surface area contributed by atoms with Gasteiger partial charge in [0.15, 0.2) is 6.10 Å². The molecular weight excluding hydrogens is 852 g/mol. The first-order chi connectivity index (χ1) is 31.4. The summed E-state index contributed by atoms with van der Waals surface area (Å²) in [7, 11) is -5.13. The van der Waals surface area contributed by atoms with Crippen molar-refractivity contribution in [2.75, 3.05) is 13.2 Å². The van der Waals surface area contributed by atoms with Crippen molar-refractivity contribution in [3.63, 3.8) is 0 Å². The van der Waals surface area contributed by atoms with E-state index in [0.717, 1.165) is 57.8 Å². The number of rotatable bonds is 42. The van der Waals surface area contributed by atoms with E-state index in [1.165, 1.54) is 109 Å². The average molecular weight is 943 g/mol. The Morgan fingerprint density at radius 3 is 1.34 bits per heavy atom. The average Bonchev–Trinajstić information content (AvgIpc) is 3.29. The molecule has 6 N–H and O–H groups in total. The molecule has 0 aromatic carbocycles. The number of carbonyl (C=O) groups is 2. The van der Waals surface area contributed by atoms with Crippen molar-refractivity contribution < 1.29 is 63.1 Å². The predicted octanol–water partition coefficient (Wildman–Crippen LogP) is 10.7. The van der Waals surface area contributed by atoms with Crippen LogP contribution in [0.5, 0.6) is 0 Å². The van der Waals surface area contributed by atoms with Crippen LogP contribution in [0.2, 0.25) is 0 Å². The summed E-state index contributed by atoms with van der Waals surface area (Å²) in [6, 6.07) is 0. The summed E-state index contributed by atoms with van der Waals surface area (Å²) in [6.45, 7) is 3.17. The molecule has 1 fully saturated rings. The first-order valence-electron chi connectivity index (χ1n) is 25.4. The smallest absolute Gasteiger partial charge is 0.462 e. The summed E-state index contributed by atoms with van der Waals surface area (Å²) in [5.41, 5.74) is 0. The van der Waals surface area contributed by atoms with Crippen LogP contribution >= 0.6 is 7.82 Å². The molecule has 1 aliphatic carbocycles. The number of aliphatic hydroxyl groups is 5. The van der Waals surface area contributed by atoms with Crippen molar-refractivity contribution in [2.45, 2.75) is 249 Å². The van der Waals surface area contributed by atoms with Crippen LogP contribution in [0, 0.1) is 0 Å². The Labute approximate surface area is 392 Å². The van der Waals surface area contributed by atoms with Gasteiger partial charge < -0.3 is 39.9 Å². The molecule has 1 aliphatic rings. The SMILES string of the molecule is CC/C=C\C/C=C\C/C=C\C/C=C\CCCCC(=O)OC(COC(=O)CCCCCCCCCCCCCCCCCCCCCCC)COP(=O)(O)OC1C(O)C(O)C(O)C(O)C1O. The third-order valence-electron chi connectivity index (χ3n) is 11.7. The molecule has 0 radical (unpaired) electrons. The molecule has 13 nitrogen and oxygen atoms in total. The predicted molar refractivity (Wildman–Crippen MR) is 258 cm³/mol. The molecular formula is C51H91O13P. The summed E-state index contributed by atoms with van der Waals surface area (Å²) in [6.07, 6.45) is 36.0. The number of aliphatic hydroxyl groups excluding tert-OH is 5. The van der Waals surface area contributed by atoms with Gasteiger partial charge in [-0.3, -0.25) is 18.6 Å². The van der Waals surface area contributed by atoms with E-state index < -0.39 is 75.7 Å². The van der Waals surface area contributed by atoms with Crippen LogP contribution < -0.4 is 0 Å². The van der Waals surface area contributed by atoms with E-state index in [1.807, 2.05) is 0 Å². The Balaban J connectivity index is 2.40. The summed E-state index contributed by atoms with van der Waals surface area (Å²) in [5.74, 6) is -1.14. The van der Waals surface area contributed by atoms with Crippen LogP contribution in [-0.4, -0.2) is 98.3 Å². The normalized spacial score (nSPS) is 21.8. The van der Waals surface area contributed by atoms with Gasteiger partial charge in [-0.2, -0.15) is 0 Å². The second kappa shape index (κ2) is 40.8. The van der Waals surface area contributed by atoms with Crippen molar-refractivity contribution >= 4 is 19.8 Å². The van der Waals surface area contributed by atoms with Crippen LogP contribution in [0.3, 0.4) is 0 Å². The van der Waals surface area contributed by atoms with Crippen LogP contribution in [0.25, 0.3) is 0 Å². The van der Waals surface area contributed by atoms with Crippen LogP contribution in [0.4, 0.5) is 0 Å².